The first kappa shape index (κ1) is 9.24. The van der Waals surface area contributed by atoms with Gasteiger partial charge in [0.05, 0.1) is 4.47 Å². The lowest BCUT2D eigenvalue weighted by Crippen LogP contribution is -2.50. The van der Waals surface area contributed by atoms with Crippen LogP contribution in [0.5, 0.6) is 5.75 Å². The molecule has 5 heteroatoms. The van der Waals surface area contributed by atoms with E-state index in [4.69, 9.17) is 16.3 Å². The molecule has 1 fully saturated rings. The molecule has 0 aromatic carbocycles. The van der Waals surface area contributed by atoms with Gasteiger partial charge in [-0.25, -0.2) is 4.98 Å². The summed E-state index contributed by atoms with van der Waals surface area (Å²) in [5.74, 6) is 0.756. The first-order chi connectivity index (χ1) is 6.25. The minimum Gasteiger partial charge on any atom is -0.486 e. The van der Waals surface area contributed by atoms with Crippen molar-refractivity contribution in [3.8, 4) is 5.75 Å². The van der Waals surface area contributed by atoms with Crippen LogP contribution in [0, 0.1) is 0 Å². The second kappa shape index (κ2) is 3.82. The summed E-state index contributed by atoms with van der Waals surface area (Å²) in [5.41, 5.74) is 0. The lowest BCUT2D eigenvalue weighted by molar-refractivity contribution is 0.141. The average molecular weight is 264 g/mol. The summed E-state index contributed by atoms with van der Waals surface area (Å²) < 4.78 is 6.46. The lowest BCUT2D eigenvalue weighted by atomic mass is 10.2. The van der Waals surface area contributed by atoms with Crippen molar-refractivity contribution < 1.29 is 4.74 Å². The molecule has 1 aliphatic heterocycles. The van der Waals surface area contributed by atoms with Crippen molar-refractivity contribution in [1.29, 1.82) is 0 Å². The number of nitrogens with one attached hydrogen (secondary N) is 1. The van der Waals surface area contributed by atoms with Crippen LogP contribution in [0.15, 0.2) is 16.7 Å². The molecule has 2 rings (SSSR count). The summed E-state index contributed by atoms with van der Waals surface area (Å²) in [6, 6.07) is 1.71. The Morgan fingerprint density at radius 1 is 1.62 bits per heavy atom. The summed E-state index contributed by atoms with van der Waals surface area (Å²) in [6.45, 7) is 1.79. The Morgan fingerprint density at radius 2 is 2.38 bits per heavy atom. The number of aromatic nitrogens is 1. The van der Waals surface area contributed by atoms with Crippen LogP contribution in [0.1, 0.15) is 0 Å². The van der Waals surface area contributed by atoms with E-state index in [1.165, 1.54) is 0 Å². The third kappa shape index (κ3) is 2.13. The van der Waals surface area contributed by atoms with Crippen LogP contribution in [0.4, 0.5) is 0 Å². The fraction of sp³-hybridized carbons (Fsp3) is 0.375. The van der Waals surface area contributed by atoms with Crippen molar-refractivity contribution in [2.75, 3.05) is 13.1 Å². The van der Waals surface area contributed by atoms with Crippen molar-refractivity contribution in [2.24, 2.45) is 0 Å². The molecule has 0 radical (unpaired) electrons. The first-order valence-electron chi connectivity index (χ1n) is 3.94. The van der Waals surface area contributed by atoms with Crippen molar-refractivity contribution in [3.05, 3.63) is 21.9 Å². The number of nitrogens with zero attached hydrogens (tertiary/aromatic N) is 1. The third-order valence-corrected chi connectivity index (χ3v) is 2.63. The van der Waals surface area contributed by atoms with E-state index < -0.39 is 0 Å². The minimum atomic E-state index is 0.259. The van der Waals surface area contributed by atoms with Crippen molar-refractivity contribution in [3.63, 3.8) is 0 Å². The quantitative estimate of drug-likeness (QED) is 0.827. The molecule has 70 valence electrons. The van der Waals surface area contributed by atoms with Gasteiger partial charge in [-0.1, -0.05) is 11.6 Å². The van der Waals surface area contributed by atoms with Gasteiger partial charge >= 0.3 is 0 Å². The SMILES string of the molecule is Clc1cc(OC2CNC2)c(Br)cn1. The Balaban J connectivity index is 2.13. The van der Waals surface area contributed by atoms with Gasteiger partial charge in [-0.3, -0.25) is 0 Å². The molecule has 1 aliphatic rings. The van der Waals surface area contributed by atoms with Crippen LogP contribution in [0.25, 0.3) is 0 Å². The predicted octanol–water partition coefficient (Wildman–Crippen LogP) is 1.85. The summed E-state index contributed by atoms with van der Waals surface area (Å²) >= 11 is 9.08. The van der Waals surface area contributed by atoms with Crippen LogP contribution in [0.3, 0.4) is 0 Å². The van der Waals surface area contributed by atoms with E-state index in [0.29, 0.717) is 5.15 Å². The maximum absolute atomic E-state index is 5.73. The number of rotatable bonds is 2. The van der Waals surface area contributed by atoms with Crippen LogP contribution in [-0.2, 0) is 0 Å². The monoisotopic (exact) mass is 262 g/mol. The average Bonchev–Trinajstić information content (AvgIpc) is 2.03. The molecule has 0 atom stereocenters. The van der Waals surface area contributed by atoms with Gasteiger partial charge in [0.15, 0.2) is 0 Å². The Bertz CT molecular complexity index is 317. The highest BCUT2D eigenvalue weighted by Gasteiger charge is 2.19. The number of hydrogen-bond acceptors (Lipinski definition) is 3. The minimum absolute atomic E-state index is 0.259. The van der Waals surface area contributed by atoms with Gasteiger partial charge in [-0.05, 0) is 15.9 Å². The van der Waals surface area contributed by atoms with E-state index in [1.807, 2.05) is 0 Å². The highest BCUT2D eigenvalue weighted by molar-refractivity contribution is 9.10. The first-order valence-corrected chi connectivity index (χ1v) is 5.11. The van der Waals surface area contributed by atoms with E-state index in [-0.39, 0.29) is 6.10 Å². The normalized spacial score (nSPS) is 16.8. The molecule has 13 heavy (non-hydrogen) atoms. The van der Waals surface area contributed by atoms with Gasteiger partial charge in [0.2, 0.25) is 0 Å². The van der Waals surface area contributed by atoms with Gasteiger partial charge in [-0.15, -0.1) is 0 Å². The molecule has 0 spiro atoms. The molecule has 0 saturated carbocycles. The van der Waals surface area contributed by atoms with Gasteiger partial charge in [0, 0.05) is 25.4 Å². The van der Waals surface area contributed by atoms with Crippen LogP contribution >= 0.6 is 27.5 Å². The molecular weight excluding hydrogens is 255 g/mol. The summed E-state index contributed by atoms with van der Waals surface area (Å²) in [6.07, 6.45) is 1.90. The second-order valence-corrected chi connectivity index (χ2v) is 4.08. The number of pyridine rings is 1. The maximum atomic E-state index is 5.73. The molecule has 2 heterocycles. The zero-order valence-electron chi connectivity index (χ0n) is 6.76. The molecule has 3 nitrogen and oxygen atoms in total. The number of halogens is 2. The number of ether oxygens (including phenoxy) is 1. The molecule has 0 aliphatic carbocycles. The van der Waals surface area contributed by atoms with Crippen LogP contribution in [0.2, 0.25) is 5.15 Å². The Hall–Kier alpha value is -0.320. The van der Waals surface area contributed by atoms with E-state index in [2.05, 4.69) is 26.2 Å². The van der Waals surface area contributed by atoms with Gasteiger partial charge in [0.25, 0.3) is 0 Å². The highest BCUT2D eigenvalue weighted by Crippen LogP contribution is 2.27. The van der Waals surface area contributed by atoms with Gasteiger partial charge in [-0.2, -0.15) is 0 Å². The molecule has 1 saturated heterocycles. The third-order valence-electron chi connectivity index (χ3n) is 1.82. The largest absolute Gasteiger partial charge is 0.486 e. The van der Waals surface area contributed by atoms with E-state index in [1.54, 1.807) is 12.3 Å². The van der Waals surface area contributed by atoms with Gasteiger partial charge in [0.1, 0.15) is 17.0 Å². The Morgan fingerprint density at radius 3 is 3.00 bits per heavy atom. The van der Waals surface area contributed by atoms with Crippen molar-refractivity contribution in [2.45, 2.75) is 6.10 Å². The molecule has 0 amide bonds. The predicted molar refractivity (Wildman–Crippen MR) is 54.2 cm³/mol. The second-order valence-electron chi connectivity index (χ2n) is 2.84. The smallest absolute Gasteiger partial charge is 0.138 e. The Labute approximate surface area is 89.6 Å². The fourth-order valence-corrected chi connectivity index (χ4v) is 1.47. The van der Waals surface area contributed by atoms with Crippen LogP contribution in [-0.4, -0.2) is 24.2 Å². The molecule has 1 N–H and O–H groups in total. The summed E-state index contributed by atoms with van der Waals surface area (Å²) in [7, 11) is 0. The lowest BCUT2D eigenvalue weighted by Gasteiger charge is -2.28. The molecule has 1 aromatic heterocycles. The summed E-state index contributed by atoms with van der Waals surface area (Å²) in [4.78, 5) is 3.91. The standard InChI is InChI=1S/C8H8BrClN2O/c9-6-4-12-8(10)1-7(6)13-5-2-11-3-5/h1,4-5,11H,2-3H2. The van der Waals surface area contributed by atoms with E-state index in [9.17, 15) is 0 Å². The van der Waals surface area contributed by atoms with Gasteiger partial charge < -0.3 is 10.1 Å². The van der Waals surface area contributed by atoms with E-state index in [0.717, 1.165) is 23.3 Å². The topological polar surface area (TPSA) is 34.1 Å². The molecule has 1 aromatic rings. The zero-order valence-corrected chi connectivity index (χ0v) is 9.10. The van der Waals surface area contributed by atoms with Crippen molar-refractivity contribution >= 4 is 27.5 Å². The summed E-state index contributed by atoms with van der Waals surface area (Å²) in [5, 5.41) is 3.58. The van der Waals surface area contributed by atoms with Crippen molar-refractivity contribution in [1.82, 2.24) is 10.3 Å². The Kier molecular flexibility index (Phi) is 2.71. The maximum Gasteiger partial charge on any atom is 0.138 e. The molecular formula is C8H8BrClN2O. The molecule has 0 bridgehead atoms. The number of hydrogen-bond donors (Lipinski definition) is 1. The van der Waals surface area contributed by atoms with E-state index >= 15 is 0 Å². The fourth-order valence-electron chi connectivity index (χ4n) is 1.01. The zero-order chi connectivity index (χ0) is 9.26. The molecule has 0 unspecified atom stereocenters. The van der Waals surface area contributed by atoms with Crippen LogP contribution < -0.4 is 10.1 Å². The highest BCUT2D eigenvalue weighted by atomic mass is 79.9.